The SMILES string of the molecule is CC(=O)c1ccc(-c2ccccc2C(F)(F)F)nc1. The summed E-state index contributed by atoms with van der Waals surface area (Å²) in [6.45, 7) is 1.38. The van der Waals surface area contributed by atoms with Crippen LogP contribution >= 0.6 is 0 Å². The summed E-state index contributed by atoms with van der Waals surface area (Å²) in [4.78, 5) is 15.0. The number of Topliss-reactive ketones (excluding diaryl/α,β-unsaturated/α-hetero) is 1. The van der Waals surface area contributed by atoms with Crippen LogP contribution in [0.1, 0.15) is 22.8 Å². The number of benzene rings is 1. The van der Waals surface area contributed by atoms with E-state index in [4.69, 9.17) is 0 Å². The summed E-state index contributed by atoms with van der Waals surface area (Å²) in [6.07, 6.45) is -3.15. The van der Waals surface area contributed by atoms with Crippen molar-refractivity contribution in [2.45, 2.75) is 13.1 Å². The summed E-state index contributed by atoms with van der Waals surface area (Å²) in [5.41, 5.74) is -0.172. The Bertz CT molecular complexity index is 603. The fourth-order valence-corrected chi connectivity index (χ4v) is 1.72. The largest absolute Gasteiger partial charge is 0.417 e. The molecule has 0 aliphatic carbocycles. The molecule has 0 bridgehead atoms. The Hall–Kier alpha value is -2.17. The first-order valence-electron chi connectivity index (χ1n) is 5.53. The maximum Gasteiger partial charge on any atom is 0.417 e. The topological polar surface area (TPSA) is 30.0 Å². The molecule has 98 valence electrons. The Morgan fingerprint density at radius 2 is 1.79 bits per heavy atom. The molecule has 0 radical (unpaired) electrons. The lowest BCUT2D eigenvalue weighted by Crippen LogP contribution is -2.07. The summed E-state index contributed by atoms with van der Waals surface area (Å²) < 4.78 is 38.6. The number of nitrogens with zero attached hydrogens (tertiary/aromatic N) is 1. The van der Waals surface area contributed by atoms with Crippen LogP contribution in [0.5, 0.6) is 0 Å². The minimum absolute atomic E-state index is 0.00472. The van der Waals surface area contributed by atoms with Gasteiger partial charge in [-0.2, -0.15) is 13.2 Å². The molecule has 0 N–H and O–H groups in total. The Kier molecular flexibility index (Phi) is 3.38. The van der Waals surface area contributed by atoms with Gasteiger partial charge in [0.05, 0.1) is 11.3 Å². The summed E-state index contributed by atoms with van der Waals surface area (Å²) in [5, 5.41) is 0. The number of carbonyl (C=O) groups is 1. The van der Waals surface area contributed by atoms with Gasteiger partial charge in [0.25, 0.3) is 0 Å². The van der Waals surface area contributed by atoms with Crippen molar-refractivity contribution in [1.82, 2.24) is 4.98 Å². The van der Waals surface area contributed by atoms with E-state index >= 15 is 0 Å². The van der Waals surface area contributed by atoms with E-state index in [9.17, 15) is 18.0 Å². The predicted molar refractivity (Wildman–Crippen MR) is 64.7 cm³/mol. The molecule has 2 nitrogen and oxygen atoms in total. The van der Waals surface area contributed by atoms with Crippen molar-refractivity contribution in [3.05, 3.63) is 53.7 Å². The zero-order valence-electron chi connectivity index (χ0n) is 10.0. The van der Waals surface area contributed by atoms with Crippen molar-refractivity contribution in [2.24, 2.45) is 0 Å². The Balaban J connectivity index is 2.50. The van der Waals surface area contributed by atoms with Gasteiger partial charge in [-0.25, -0.2) is 0 Å². The van der Waals surface area contributed by atoms with E-state index in [0.717, 1.165) is 6.07 Å². The van der Waals surface area contributed by atoms with E-state index in [1.807, 2.05) is 0 Å². The summed E-state index contributed by atoms with van der Waals surface area (Å²) in [7, 11) is 0. The molecule has 0 atom stereocenters. The van der Waals surface area contributed by atoms with Crippen LogP contribution in [-0.2, 0) is 6.18 Å². The number of pyridine rings is 1. The van der Waals surface area contributed by atoms with Crippen molar-refractivity contribution in [3.8, 4) is 11.3 Å². The minimum Gasteiger partial charge on any atom is -0.294 e. The molecule has 0 amide bonds. The van der Waals surface area contributed by atoms with Gasteiger partial charge in [-0.1, -0.05) is 18.2 Å². The molecule has 19 heavy (non-hydrogen) atoms. The molecule has 5 heteroatoms. The van der Waals surface area contributed by atoms with Crippen molar-refractivity contribution in [2.75, 3.05) is 0 Å². The van der Waals surface area contributed by atoms with E-state index in [0.29, 0.717) is 5.56 Å². The predicted octanol–water partition coefficient (Wildman–Crippen LogP) is 3.97. The minimum atomic E-state index is -4.43. The zero-order chi connectivity index (χ0) is 14.0. The number of hydrogen-bond donors (Lipinski definition) is 0. The molecule has 0 unspecified atom stereocenters. The van der Waals surface area contributed by atoms with Gasteiger partial charge in [0.1, 0.15) is 0 Å². The average molecular weight is 265 g/mol. The van der Waals surface area contributed by atoms with E-state index < -0.39 is 11.7 Å². The van der Waals surface area contributed by atoms with E-state index in [1.54, 1.807) is 0 Å². The third-order valence-electron chi connectivity index (χ3n) is 2.68. The molecule has 0 spiro atoms. The maximum absolute atomic E-state index is 12.9. The normalized spacial score (nSPS) is 11.4. The summed E-state index contributed by atoms with van der Waals surface area (Å²) >= 11 is 0. The smallest absolute Gasteiger partial charge is 0.294 e. The first-order chi connectivity index (χ1) is 8.89. The lowest BCUT2D eigenvalue weighted by atomic mass is 10.0. The molecular formula is C14H10F3NO. The van der Waals surface area contributed by atoms with Crippen LogP contribution in [0, 0.1) is 0 Å². The number of aromatic nitrogens is 1. The Morgan fingerprint density at radius 3 is 2.32 bits per heavy atom. The molecule has 1 heterocycles. The summed E-state index contributed by atoms with van der Waals surface area (Å²) in [6, 6.07) is 8.11. The second kappa shape index (κ2) is 4.84. The highest BCUT2D eigenvalue weighted by Gasteiger charge is 2.33. The van der Waals surface area contributed by atoms with Gasteiger partial charge in [0.15, 0.2) is 5.78 Å². The van der Waals surface area contributed by atoms with Crippen LogP contribution in [0.25, 0.3) is 11.3 Å². The molecular weight excluding hydrogens is 255 g/mol. The van der Waals surface area contributed by atoms with Crippen molar-refractivity contribution in [3.63, 3.8) is 0 Å². The fraction of sp³-hybridized carbons (Fsp3) is 0.143. The number of rotatable bonds is 2. The molecule has 0 fully saturated rings. The molecule has 2 rings (SSSR count). The average Bonchev–Trinajstić information content (AvgIpc) is 2.38. The number of halogens is 3. The number of ketones is 1. The molecule has 2 aromatic rings. The Morgan fingerprint density at radius 1 is 1.11 bits per heavy atom. The van der Waals surface area contributed by atoms with Crippen LogP contribution in [0.15, 0.2) is 42.6 Å². The number of hydrogen-bond acceptors (Lipinski definition) is 2. The van der Waals surface area contributed by atoms with Crippen LogP contribution < -0.4 is 0 Å². The first-order valence-corrected chi connectivity index (χ1v) is 5.53. The zero-order valence-corrected chi connectivity index (χ0v) is 10.0. The van der Waals surface area contributed by atoms with Crippen LogP contribution in [0.2, 0.25) is 0 Å². The number of carbonyl (C=O) groups excluding carboxylic acids is 1. The van der Waals surface area contributed by atoms with Crippen LogP contribution in [0.3, 0.4) is 0 Å². The Labute approximate surface area is 107 Å². The van der Waals surface area contributed by atoms with Gasteiger partial charge < -0.3 is 0 Å². The second-order valence-corrected chi connectivity index (χ2v) is 4.03. The van der Waals surface area contributed by atoms with Crippen molar-refractivity contribution >= 4 is 5.78 Å². The van der Waals surface area contributed by atoms with E-state index in [1.165, 1.54) is 43.5 Å². The molecule has 0 saturated heterocycles. The van der Waals surface area contributed by atoms with Crippen LogP contribution in [-0.4, -0.2) is 10.8 Å². The van der Waals surface area contributed by atoms with Crippen LogP contribution in [0.4, 0.5) is 13.2 Å². The quantitative estimate of drug-likeness (QED) is 0.769. The third kappa shape index (κ3) is 2.81. The molecule has 0 aliphatic rings. The second-order valence-electron chi connectivity index (χ2n) is 4.03. The van der Waals surface area contributed by atoms with Crippen molar-refractivity contribution < 1.29 is 18.0 Å². The highest BCUT2D eigenvalue weighted by molar-refractivity contribution is 5.94. The number of alkyl halides is 3. The monoisotopic (exact) mass is 265 g/mol. The summed E-state index contributed by atoms with van der Waals surface area (Å²) in [5.74, 6) is -0.178. The standard InChI is InChI=1S/C14H10F3NO/c1-9(19)10-6-7-13(18-8-10)11-4-2-3-5-12(11)14(15,16)17/h2-8H,1H3. The van der Waals surface area contributed by atoms with Gasteiger partial charge >= 0.3 is 6.18 Å². The molecule has 1 aromatic carbocycles. The lowest BCUT2D eigenvalue weighted by Gasteiger charge is -2.12. The first kappa shape index (κ1) is 13.3. The van der Waals surface area contributed by atoms with Gasteiger partial charge in [-0.05, 0) is 25.1 Å². The van der Waals surface area contributed by atoms with Gasteiger partial charge in [-0.15, -0.1) is 0 Å². The van der Waals surface area contributed by atoms with Gasteiger partial charge in [0, 0.05) is 17.3 Å². The van der Waals surface area contributed by atoms with E-state index in [-0.39, 0.29) is 17.0 Å². The third-order valence-corrected chi connectivity index (χ3v) is 2.68. The van der Waals surface area contributed by atoms with Gasteiger partial charge in [0.2, 0.25) is 0 Å². The maximum atomic E-state index is 12.9. The molecule has 0 aliphatic heterocycles. The fourth-order valence-electron chi connectivity index (χ4n) is 1.72. The van der Waals surface area contributed by atoms with Crippen molar-refractivity contribution in [1.29, 1.82) is 0 Å². The van der Waals surface area contributed by atoms with E-state index in [2.05, 4.69) is 4.98 Å². The highest BCUT2D eigenvalue weighted by atomic mass is 19.4. The molecule has 1 aromatic heterocycles. The lowest BCUT2D eigenvalue weighted by molar-refractivity contribution is -0.137. The molecule has 0 saturated carbocycles. The highest BCUT2D eigenvalue weighted by Crippen LogP contribution is 2.36. The van der Waals surface area contributed by atoms with Gasteiger partial charge in [-0.3, -0.25) is 9.78 Å².